The van der Waals surface area contributed by atoms with Gasteiger partial charge in [-0.05, 0) is 36.8 Å². The van der Waals surface area contributed by atoms with Crippen molar-refractivity contribution in [2.24, 2.45) is 0 Å². The molecule has 2 aromatic rings. The number of hydrogen-bond donors (Lipinski definition) is 1. The van der Waals surface area contributed by atoms with E-state index in [1.165, 1.54) is 30.1 Å². The van der Waals surface area contributed by atoms with Gasteiger partial charge in [0.15, 0.2) is 0 Å². The van der Waals surface area contributed by atoms with Crippen LogP contribution in [0.15, 0.2) is 42.5 Å². The van der Waals surface area contributed by atoms with E-state index in [-0.39, 0.29) is 22.3 Å². The Morgan fingerprint density at radius 1 is 1.03 bits per heavy atom. The molecule has 0 saturated carbocycles. The number of carbonyl (C=O) groups is 2. The zero-order valence-corrected chi connectivity index (χ0v) is 20.2. The summed E-state index contributed by atoms with van der Waals surface area (Å²) in [7, 11) is -2.40. The summed E-state index contributed by atoms with van der Waals surface area (Å²) in [4.78, 5) is 26.8. The maximum absolute atomic E-state index is 13.2. The van der Waals surface area contributed by atoms with Gasteiger partial charge in [-0.25, -0.2) is 8.42 Å². The third kappa shape index (κ3) is 6.49. The smallest absolute Gasteiger partial charge is 0.244 e. The van der Waals surface area contributed by atoms with E-state index in [4.69, 9.17) is 34.8 Å². The molecule has 1 atom stereocenters. The summed E-state index contributed by atoms with van der Waals surface area (Å²) in [6, 6.07) is 10.3. The van der Waals surface area contributed by atoms with Gasteiger partial charge in [-0.2, -0.15) is 0 Å². The Hall–Kier alpha value is -2.00. The summed E-state index contributed by atoms with van der Waals surface area (Å²) in [5, 5.41) is 3.32. The number of halogens is 3. The molecule has 0 saturated heterocycles. The van der Waals surface area contributed by atoms with Gasteiger partial charge in [0.25, 0.3) is 0 Å². The van der Waals surface area contributed by atoms with E-state index in [0.29, 0.717) is 10.6 Å². The van der Waals surface area contributed by atoms with Crippen molar-refractivity contribution in [1.82, 2.24) is 10.2 Å². The molecule has 0 aliphatic heterocycles. The molecular weight excluding hydrogens is 485 g/mol. The molecule has 0 spiro atoms. The van der Waals surface area contributed by atoms with Gasteiger partial charge in [-0.15, -0.1) is 0 Å². The number of carbonyl (C=O) groups excluding carboxylic acids is 2. The summed E-state index contributed by atoms with van der Waals surface area (Å²) >= 11 is 18.2. The van der Waals surface area contributed by atoms with Crippen molar-refractivity contribution < 1.29 is 18.0 Å². The van der Waals surface area contributed by atoms with Crippen molar-refractivity contribution in [2.45, 2.75) is 19.5 Å². The number of anilines is 1. The SMILES string of the molecule is CNC(=O)[C@H](C)N(Cc1ccccc1Cl)C(=O)CN(c1ccc(Cl)c(Cl)c1)S(C)(=O)=O. The average Bonchev–Trinajstić information content (AvgIpc) is 2.71. The summed E-state index contributed by atoms with van der Waals surface area (Å²) in [6.45, 7) is 1.03. The van der Waals surface area contributed by atoms with Gasteiger partial charge in [0.2, 0.25) is 21.8 Å². The van der Waals surface area contributed by atoms with Gasteiger partial charge in [0.1, 0.15) is 12.6 Å². The lowest BCUT2D eigenvalue weighted by Gasteiger charge is -2.31. The molecule has 0 fully saturated rings. The van der Waals surface area contributed by atoms with Gasteiger partial charge in [0, 0.05) is 18.6 Å². The maximum atomic E-state index is 13.2. The van der Waals surface area contributed by atoms with Crippen LogP contribution in [0.25, 0.3) is 0 Å². The van der Waals surface area contributed by atoms with Crippen LogP contribution in [0, 0.1) is 0 Å². The minimum atomic E-state index is -3.85. The number of nitrogens with one attached hydrogen (secondary N) is 1. The zero-order chi connectivity index (χ0) is 23.3. The molecule has 2 aromatic carbocycles. The molecule has 1 N–H and O–H groups in total. The molecule has 0 bridgehead atoms. The predicted octanol–water partition coefficient (Wildman–Crippen LogP) is 3.58. The molecule has 0 aliphatic carbocycles. The molecule has 31 heavy (non-hydrogen) atoms. The monoisotopic (exact) mass is 505 g/mol. The van der Waals surface area contributed by atoms with Crippen LogP contribution < -0.4 is 9.62 Å². The second-order valence-electron chi connectivity index (χ2n) is 6.77. The van der Waals surface area contributed by atoms with E-state index >= 15 is 0 Å². The van der Waals surface area contributed by atoms with Crippen LogP contribution in [0.2, 0.25) is 15.1 Å². The number of likely N-dealkylation sites (N-methyl/N-ethyl adjacent to an activating group) is 1. The lowest BCUT2D eigenvalue weighted by atomic mass is 10.1. The fraction of sp³-hybridized carbons (Fsp3) is 0.300. The Bertz CT molecular complexity index is 1080. The molecule has 0 radical (unpaired) electrons. The zero-order valence-electron chi connectivity index (χ0n) is 17.1. The number of benzene rings is 2. The molecule has 0 aliphatic rings. The molecule has 2 rings (SSSR count). The molecule has 11 heteroatoms. The number of rotatable bonds is 8. The van der Waals surface area contributed by atoms with Gasteiger partial charge in [0.05, 0.1) is 22.0 Å². The largest absolute Gasteiger partial charge is 0.357 e. The van der Waals surface area contributed by atoms with Crippen molar-refractivity contribution in [1.29, 1.82) is 0 Å². The lowest BCUT2D eigenvalue weighted by molar-refractivity contribution is -0.139. The molecule has 168 valence electrons. The van der Waals surface area contributed by atoms with Crippen LogP contribution in [0.1, 0.15) is 12.5 Å². The van der Waals surface area contributed by atoms with Gasteiger partial charge < -0.3 is 10.2 Å². The van der Waals surface area contributed by atoms with Crippen molar-refractivity contribution in [2.75, 3.05) is 24.2 Å². The van der Waals surface area contributed by atoms with Crippen LogP contribution in [0.5, 0.6) is 0 Å². The van der Waals surface area contributed by atoms with E-state index in [9.17, 15) is 18.0 Å². The van der Waals surface area contributed by atoms with E-state index in [2.05, 4.69) is 5.32 Å². The Morgan fingerprint density at radius 2 is 1.68 bits per heavy atom. The fourth-order valence-electron chi connectivity index (χ4n) is 2.86. The Kier molecular flexibility index (Phi) is 8.59. The highest BCUT2D eigenvalue weighted by molar-refractivity contribution is 7.92. The normalized spacial score (nSPS) is 12.2. The second kappa shape index (κ2) is 10.5. The van der Waals surface area contributed by atoms with Crippen LogP contribution in [0.4, 0.5) is 5.69 Å². The van der Waals surface area contributed by atoms with E-state index in [0.717, 1.165) is 10.6 Å². The first-order valence-electron chi connectivity index (χ1n) is 9.13. The van der Waals surface area contributed by atoms with E-state index in [1.54, 1.807) is 31.2 Å². The summed E-state index contributed by atoms with van der Waals surface area (Å²) in [6.07, 6.45) is 0.976. The minimum absolute atomic E-state index is 0.0199. The molecule has 0 heterocycles. The topological polar surface area (TPSA) is 86.8 Å². The Morgan fingerprint density at radius 3 is 2.23 bits per heavy atom. The van der Waals surface area contributed by atoms with Crippen molar-refractivity contribution in [3.8, 4) is 0 Å². The van der Waals surface area contributed by atoms with Gasteiger partial charge >= 0.3 is 0 Å². The first kappa shape index (κ1) is 25.3. The highest BCUT2D eigenvalue weighted by Crippen LogP contribution is 2.28. The van der Waals surface area contributed by atoms with Crippen molar-refractivity contribution in [3.05, 3.63) is 63.1 Å². The molecule has 7 nitrogen and oxygen atoms in total. The predicted molar refractivity (Wildman–Crippen MR) is 124 cm³/mol. The third-order valence-corrected chi connectivity index (χ3v) is 6.83. The van der Waals surface area contributed by atoms with Crippen molar-refractivity contribution in [3.63, 3.8) is 0 Å². The van der Waals surface area contributed by atoms with E-state index < -0.39 is 34.4 Å². The summed E-state index contributed by atoms with van der Waals surface area (Å²) in [5.41, 5.74) is 0.796. The third-order valence-electron chi connectivity index (χ3n) is 4.58. The first-order valence-corrected chi connectivity index (χ1v) is 12.1. The highest BCUT2D eigenvalue weighted by Gasteiger charge is 2.30. The molecule has 0 unspecified atom stereocenters. The van der Waals surface area contributed by atoms with Crippen LogP contribution in [-0.4, -0.2) is 51.0 Å². The van der Waals surface area contributed by atoms with Crippen LogP contribution in [-0.2, 0) is 26.2 Å². The number of sulfonamides is 1. The summed E-state index contributed by atoms with van der Waals surface area (Å²) in [5.74, 6) is -0.992. The highest BCUT2D eigenvalue weighted by atomic mass is 35.5. The maximum Gasteiger partial charge on any atom is 0.244 e. The fourth-order valence-corrected chi connectivity index (χ4v) is 4.18. The molecule has 2 amide bonds. The van der Waals surface area contributed by atoms with Crippen LogP contribution >= 0.6 is 34.8 Å². The Labute approximate surface area is 196 Å². The standard InChI is InChI=1S/C20H22Cl3N3O4S/c1-13(20(28)24-2)25(11-14-6-4-5-7-16(14)21)19(27)12-26(31(3,29)30)15-8-9-17(22)18(23)10-15/h4-10,13H,11-12H2,1-3H3,(H,24,28)/t13-/m0/s1. The second-order valence-corrected chi connectivity index (χ2v) is 9.90. The quantitative estimate of drug-likeness (QED) is 0.593. The van der Waals surface area contributed by atoms with Gasteiger partial charge in [-0.3, -0.25) is 13.9 Å². The Balaban J connectivity index is 2.42. The number of hydrogen-bond acceptors (Lipinski definition) is 4. The first-order chi connectivity index (χ1) is 14.5. The average molecular weight is 507 g/mol. The summed E-state index contributed by atoms with van der Waals surface area (Å²) < 4.78 is 25.8. The molecular formula is C20H22Cl3N3O4S. The number of nitrogens with zero attached hydrogens (tertiary/aromatic N) is 2. The number of amides is 2. The molecule has 0 aromatic heterocycles. The van der Waals surface area contributed by atoms with Gasteiger partial charge in [-0.1, -0.05) is 53.0 Å². The van der Waals surface area contributed by atoms with Crippen LogP contribution in [0.3, 0.4) is 0 Å². The lowest BCUT2D eigenvalue weighted by Crippen LogP contribution is -2.50. The minimum Gasteiger partial charge on any atom is -0.357 e. The van der Waals surface area contributed by atoms with E-state index in [1.807, 2.05) is 0 Å². The van der Waals surface area contributed by atoms with Crippen molar-refractivity contribution >= 4 is 62.3 Å².